The number of hydrogen-bond acceptors (Lipinski definition) is 6. The maximum Gasteiger partial charge on any atom is 0.273 e. The summed E-state index contributed by atoms with van der Waals surface area (Å²) in [7, 11) is 0. The average Bonchev–Trinajstić information content (AvgIpc) is 3.21. The van der Waals surface area contributed by atoms with E-state index in [0.717, 1.165) is 54.1 Å². The largest absolute Gasteiger partial charge is 0.346 e. The number of aromatic nitrogens is 4. The highest BCUT2D eigenvalue weighted by molar-refractivity contribution is 7.11. The molecule has 0 bridgehead atoms. The van der Waals surface area contributed by atoms with Crippen molar-refractivity contribution in [3.05, 3.63) is 27.5 Å². The third kappa shape index (κ3) is 4.43. The van der Waals surface area contributed by atoms with E-state index in [1.807, 2.05) is 11.6 Å². The quantitative estimate of drug-likeness (QED) is 0.822. The first kappa shape index (κ1) is 18.0. The molecule has 1 aliphatic rings. The van der Waals surface area contributed by atoms with Crippen LogP contribution in [-0.4, -0.2) is 31.9 Å². The molecule has 25 heavy (non-hydrogen) atoms. The molecule has 3 rings (SSSR count). The van der Waals surface area contributed by atoms with Crippen LogP contribution in [0.4, 0.5) is 0 Å². The molecule has 0 unspecified atom stereocenters. The molecule has 3 N–H and O–H groups in total. The van der Waals surface area contributed by atoms with E-state index in [-0.39, 0.29) is 5.91 Å². The number of carbonyl (C=O) groups excluding carboxylic acids is 1. The molecule has 0 atom stereocenters. The molecule has 0 spiro atoms. The number of nitrogens with zero attached hydrogens (tertiary/aromatic N) is 4. The van der Waals surface area contributed by atoms with Gasteiger partial charge in [-0.1, -0.05) is 12.1 Å². The molecular formula is C17H26N6OS. The van der Waals surface area contributed by atoms with Gasteiger partial charge in [0.15, 0.2) is 5.69 Å². The first-order valence-electron chi connectivity index (χ1n) is 8.97. The molecule has 1 fully saturated rings. The van der Waals surface area contributed by atoms with Crippen molar-refractivity contribution in [3.63, 3.8) is 0 Å². The molecule has 2 aromatic rings. The highest BCUT2D eigenvalue weighted by atomic mass is 32.1. The molecule has 7 nitrogen and oxygen atoms in total. The van der Waals surface area contributed by atoms with E-state index in [1.54, 1.807) is 17.5 Å². The third-order valence-corrected chi connectivity index (χ3v) is 5.89. The number of nitrogens with two attached hydrogens (primary N) is 1. The van der Waals surface area contributed by atoms with Crippen molar-refractivity contribution in [3.8, 4) is 0 Å². The van der Waals surface area contributed by atoms with Crippen LogP contribution in [0.25, 0.3) is 0 Å². The smallest absolute Gasteiger partial charge is 0.273 e. The van der Waals surface area contributed by atoms with Gasteiger partial charge in [0.25, 0.3) is 5.91 Å². The Balaban J connectivity index is 1.57. The lowest BCUT2D eigenvalue weighted by atomic mass is 9.92. The lowest BCUT2D eigenvalue weighted by molar-refractivity contribution is 0.0946. The van der Waals surface area contributed by atoms with E-state index >= 15 is 0 Å². The van der Waals surface area contributed by atoms with Gasteiger partial charge in [0.05, 0.1) is 29.5 Å². The molecule has 2 heterocycles. The van der Waals surface area contributed by atoms with Crippen LogP contribution in [0.3, 0.4) is 0 Å². The molecule has 0 aromatic carbocycles. The van der Waals surface area contributed by atoms with Crippen molar-refractivity contribution in [1.82, 2.24) is 25.3 Å². The van der Waals surface area contributed by atoms with Gasteiger partial charge in [0.2, 0.25) is 0 Å². The van der Waals surface area contributed by atoms with Crippen LogP contribution in [0.1, 0.15) is 71.1 Å². The Morgan fingerprint density at radius 1 is 1.40 bits per heavy atom. The Bertz CT molecular complexity index is 717. The Hall–Kier alpha value is -1.80. The second-order valence-electron chi connectivity index (χ2n) is 6.70. The van der Waals surface area contributed by atoms with Gasteiger partial charge in [-0.2, -0.15) is 0 Å². The first-order chi connectivity index (χ1) is 12.1. The van der Waals surface area contributed by atoms with Crippen molar-refractivity contribution < 1.29 is 4.79 Å². The van der Waals surface area contributed by atoms with Gasteiger partial charge in [-0.25, -0.2) is 9.67 Å². The summed E-state index contributed by atoms with van der Waals surface area (Å²) in [5.74, 6) is -0.191. The van der Waals surface area contributed by atoms with Crippen LogP contribution in [0, 0.1) is 6.92 Å². The number of nitrogens with one attached hydrogen (secondary N) is 1. The Kier molecular flexibility index (Phi) is 5.80. The fourth-order valence-electron chi connectivity index (χ4n) is 3.15. The summed E-state index contributed by atoms with van der Waals surface area (Å²) in [4.78, 5) is 18.0. The SMILES string of the molecule is CCCc1nc(C)c(CNC(=O)c2cn(C3CCC(N)CC3)nn2)s1. The van der Waals surface area contributed by atoms with Crippen molar-refractivity contribution in [2.45, 2.75) is 71.0 Å². The van der Waals surface area contributed by atoms with Crippen LogP contribution in [0.2, 0.25) is 0 Å². The standard InChI is InChI=1S/C17H26N6OS/c1-3-4-16-20-11(2)15(25-16)9-19-17(24)14-10-23(22-21-14)13-7-5-12(18)6-8-13/h10,12-13H,3-9,18H2,1-2H3,(H,19,24). The predicted molar refractivity (Wildman–Crippen MR) is 97.5 cm³/mol. The maximum atomic E-state index is 12.3. The van der Waals surface area contributed by atoms with E-state index in [9.17, 15) is 4.79 Å². The van der Waals surface area contributed by atoms with Crippen LogP contribution < -0.4 is 11.1 Å². The number of aryl methyl sites for hydroxylation is 2. The number of hydrogen-bond donors (Lipinski definition) is 2. The summed E-state index contributed by atoms with van der Waals surface area (Å²) in [5, 5.41) is 12.2. The van der Waals surface area contributed by atoms with E-state index in [1.165, 1.54) is 0 Å². The minimum atomic E-state index is -0.191. The molecule has 0 radical (unpaired) electrons. The van der Waals surface area contributed by atoms with Crippen molar-refractivity contribution in [2.75, 3.05) is 0 Å². The number of amides is 1. The van der Waals surface area contributed by atoms with Gasteiger partial charge < -0.3 is 11.1 Å². The molecular weight excluding hydrogens is 336 g/mol. The highest BCUT2D eigenvalue weighted by Gasteiger charge is 2.22. The fraction of sp³-hybridized carbons (Fsp3) is 0.647. The molecule has 2 aromatic heterocycles. The topological polar surface area (TPSA) is 98.7 Å². The molecule has 1 amide bonds. The number of thiazole rings is 1. The molecule has 0 saturated heterocycles. The third-order valence-electron chi connectivity index (χ3n) is 4.67. The second-order valence-corrected chi connectivity index (χ2v) is 7.87. The van der Waals surface area contributed by atoms with Crippen LogP contribution in [0.5, 0.6) is 0 Å². The van der Waals surface area contributed by atoms with Crippen LogP contribution >= 0.6 is 11.3 Å². The Morgan fingerprint density at radius 2 is 2.16 bits per heavy atom. The first-order valence-corrected chi connectivity index (χ1v) is 9.79. The lowest BCUT2D eigenvalue weighted by Crippen LogP contribution is -2.28. The number of rotatable bonds is 6. The van der Waals surface area contributed by atoms with Crippen molar-refractivity contribution >= 4 is 17.2 Å². The van der Waals surface area contributed by atoms with E-state index in [4.69, 9.17) is 5.73 Å². The molecule has 8 heteroatoms. The Labute approximate surface area is 152 Å². The Morgan fingerprint density at radius 3 is 2.88 bits per heavy atom. The van der Waals surface area contributed by atoms with E-state index in [0.29, 0.717) is 24.3 Å². The fourth-order valence-corrected chi connectivity index (χ4v) is 4.26. The predicted octanol–water partition coefficient (Wildman–Crippen LogP) is 2.37. The van der Waals surface area contributed by atoms with Gasteiger partial charge in [-0.15, -0.1) is 16.4 Å². The normalized spacial score (nSPS) is 20.6. The molecule has 1 saturated carbocycles. The van der Waals surface area contributed by atoms with Gasteiger partial charge >= 0.3 is 0 Å². The van der Waals surface area contributed by atoms with Crippen LogP contribution in [0.15, 0.2) is 6.20 Å². The lowest BCUT2D eigenvalue weighted by Gasteiger charge is -2.25. The van der Waals surface area contributed by atoms with E-state index < -0.39 is 0 Å². The highest BCUT2D eigenvalue weighted by Crippen LogP contribution is 2.26. The van der Waals surface area contributed by atoms with Gasteiger partial charge in [0, 0.05) is 10.9 Å². The van der Waals surface area contributed by atoms with Gasteiger partial charge in [0.1, 0.15) is 0 Å². The molecule has 1 aliphatic carbocycles. The monoisotopic (exact) mass is 362 g/mol. The minimum absolute atomic E-state index is 0.191. The summed E-state index contributed by atoms with van der Waals surface area (Å²) in [5.41, 5.74) is 7.31. The zero-order valence-electron chi connectivity index (χ0n) is 14.9. The van der Waals surface area contributed by atoms with Gasteiger partial charge in [-0.3, -0.25) is 4.79 Å². The summed E-state index contributed by atoms with van der Waals surface area (Å²) < 4.78 is 1.82. The second kappa shape index (κ2) is 8.05. The summed E-state index contributed by atoms with van der Waals surface area (Å²) >= 11 is 1.67. The summed E-state index contributed by atoms with van der Waals surface area (Å²) in [6.45, 7) is 4.61. The van der Waals surface area contributed by atoms with Crippen molar-refractivity contribution in [1.29, 1.82) is 0 Å². The average molecular weight is 363 g/mol. The summed E-state index contributed by atoms with van der Waals surface area (Å²) in [6.07, 6.45) is 7.79. The maximum absolute atomic E-state index is 12.3. The zero-order valence-corrected chi connectivity index (χ0v) is 15.7. The van der Waals surface area contributed by atoms with Crippen LogP contribution in [-0.2, 0) is 13.0 Å². The summed E-state index contributed by atoms with van der Waals surface area (Å²) in [6, 6.07) is 0.594. The van der Waals surface area contributed by atoms with Crippen molar-refractivity contribution in [2.24, 2.45) is 5.73 Å². The minimum Gasteiger partial charge on any atom is -0.346 e. The van der Waals surface area contributed by atoms with Gasteiger partial charge in [-0.05, 0) is 45.4 Å². The number of carbonyl (C=O) groups is 1. The molecule has 136 valence electrons. The molecule has 0 aliphatic heterocycles. The van der Waals surface area contributed by atoms with E-state index in [2.05, 4.69) is 27.5 Å². The zero-order chi connectivity index (χ0) is 17.8.